The Morgan fingerprint density at radius 2 is 1.25 bits per heavy atom. The fraction of sp³-hybridized carbons (Fsp3) is 0.475. The molecule has 2 fully saturated rings. The average molecular weight is 754 g/mol. The van der Waals surface area contributed by atoms with Crippen LogP contribution < -0.4 is 41.1 Å². The third kappa shape index (κ3) is 9.60. The van der Waals surface area contributed by atoms with E-state index in [9.17, 15) is 9.59 Å². The highest BCUT2D eigenvalue weighted by molar-refractivity contribution is 5.77. The van der Waals surface area contributed by atoms with Crippen LogP contribution in [0.1, 0.15) is 31.2 Å². The van der Waals surface area contributed by atoms with Gasteiger partial charge in [0.2, 0.25) is 0 Å². The van der Waals surface area contributed by atoms with E-state index in [2.05, 4.69) is 30.1 Å². The fourth-order valence-electron chi connectivity index (χ4n) is 7.35. The number of nitrogens with zero attached hydrogens (tertiary/aromatic N) is 7. The number of hydrogen-bond acceptors (Lipinski definition) is 13. The molecule has 8 rings (SSSR count). The van der Waals surface area contributed by atoms with E-state index in [4.69, 9.17) is 24.7 Å². The van der Waals surface area contributed by atoms with Crippen molar-refractivity contribution in [3.05, 3.63) is 87.3 Å². The fourth-order valence-corrected chi connectivity index (χ4v) is 7.35. The lowest BCUT2D eigenvalue weighted by molar-refractivity contribution is 0.164. The maximum absolute atomic E-state index is 12.5. The molecule has 15 nitrogen and oxygen atoms in total. The Hall–Kier alpha value is -5.09. The number of fused-ring (bicyclic) bond motifs is 3. The Bertz CT molecular complexity index is 2180. The number of aromatic nitrogens is 5. The second-order valence-electron chi connectivity index (χ2n) is 14.2. The van der Waals surface area contributed by atoms with Gasteiger partial charge in [-0.1, -0.05) is 0 Å². The molecule has 3 N–H and O–H groups in total. The van der Waals surface area contributed by atoms with E-state index >= 15 is 0 Å². The van der Waals surface area contributed by atoms with E-state index in [1.807, 2.05) is 48.7 Å². The van der Waals surface area contributed by atoms with Crippen molar-refractivity contribution in [3.8, 4) is 23.1 Å². The number of rotatable bonds is 11. The molecule has 5 aromatic rings. The van der Waals surface area contributed by atoms with Crippen LogP contribution >= 0.6 is 0 Å². The van der Waals surface area contributed by atoms with Crippen LogP contribution in [0.3, 0.4) is 0 Å². The van der Waals surface area contributed by atoms with Crippen LogP contribution in [-0.4, -0.2) is 113 Å². The zero-order valence-electron chi connectivity index (χ0n) is 31.7. The van der Waals surface area contributed by atoms with Gasteiger partial charge in [0.1, 0.15) is 24.7 Å². The van der Waals surface area contributed by atoms with Gasteiger partial charge in [-0.3, -0.25) is 9.59 Å². The first-order valence-electron chi connectivity index (χ1n) is 19.1. The molecular formula is C40H51N9O6. The van der Waals surface area contributed by atoms with Gasteiger partial charge in [-0.15, -0.1) is 0 Å². The first-order chi connectivity index (χ1) is 26.9. The molecule has 0 saturated carbocycles. The number of likely N-dealkylation sites (tertiary alicyclic amines) is 2. The summed E-state index contributed by atoms with van der Waals surface area (Å²) in [6.45, 7) is 8.84. The monoisotopic (exact) mass is 753 g/mol. The van der Waals surface area contributed by atoms with Gasteiger partial charge in [0.25, 0.3) is 17.0 Å². The molecule has 0 spiro atoms. The molecule has 0 amide bonds. The zero-order chi connectivity index (χ0) is 38.1. The number of ether oxygens (including phenoxy) is 4. The Balaban J connectivity index is 0.000000184. The average Bonchev–Trinajstić information content (AvgIpc) is 3.23. The van der Waals surface area contributed by atoms with Gasteiger partial charge >= 0.3 is 0 Å². The van der Waals surface area contributed by atoms with Gasteiger partial charge < -0.3 is 48.9 Å². The minimum atomic E-state index is -0.0830. The Morgan fingerprint density at radius 3 is 1.82 bits per heavy atom. The van der Waals surface area contributed by atoms with Crippen LogP contribution in [0, 0.1) is 0 Å². The van der Waals surface area contributed by atoms with Crippen LogP contribution in [0.15, 0.2) is 70.6 Å². The smallest absolute Gasteiger partial charge is 0.269 e. The van der Waals surface area contributed by atoms with Gasteiger partial charge in [-0.05, 0) is 87.8 Å². The van der Waals surface area contributed by atoms with Gasteiger partial charge in [-0.2, -0.15) is 0 Å². The highest BCUT2D eigenvalue weighted by Crippen LogP contribution is 2.28. The summed E-state index contributed by atoms with van der Waals surface area (Å²) in [5.41, 5.74) is 10.1. The summed E-state index contributed by atoms with van der Waals surface area (Å²) in [6.07, 6.45) is 8.83. The van der Waals surface area contributed by atoms with Crippen molar-refractivity contribution in [3.63, 3.8) is 0 Å². The van der Waals surface area contributed by atoms with Crippen molar-refractivity contribution < 1.29 is 18.9 Å². The van der Waals surface area contributed by atoms with Gasteiger partial charge in [0, 0.05) is 63.1 Å². The molecule has 3 aliphatic rings. The highest BCUT2D eigenvalue weighted by Gasteiger charge is 2.20. The molecule has 3 aliphatic heterocycles. The first kappa shape index (κ1) is 38.2. The van der Waals surface area contributed by atoms with E-state index in [-0.39, 0.29) is 11.1 Å². The van der Waals surface area contributed by atoms with E-state index in [0.717, 1.165) is 116 Å². The summed E-state index contributed by atoms with van der Waals surface area (Å²) in [6, 6.07) is 14.0. The van der Waals surface area contributed by atoms with Crippen molar-refractivity contribution in [2.45, 2.75) is 57.4 Å². The van der Waals surface area contributed by atoms with Crippen molar-refractivity contribution in [1.29, 1.82) is 0 Å². The molecule has 0 unspecified atom stereocenters. The quantitative estimate of drug-likeness (QED) is 0.203. The highest BCUT2D eigenvalue weighted by atomic mass is 16.6. The summed E-state index contributed by atoms with van der Waals surface area (Å²) in [5, 5.41) is 3.64. The number of benzene rings is 2. The maximum atomic E-state index is 12.5. The van der Waals surface area contributed by atoms with Gasteiger partial charge in [-0.25, -0.2) is 15.0 Å². The molecule has 292 valence electrons. The van der Waals surface area contributed by atoms with E-state index in [1.54, 1.807) is 23.4 Å². The second-order valence-corrected chi connectivity index (χ2v) is 14.2. The van der Waals surface area contributed by atoms with Gasteiger partial charge in [0.15, 0.2) is 5.75 Å². The number of hydrogen-bond donors (Lipinski definition) is 2. The summed E-state index contributed by atoms with van der Waals surface area (Å²) in [5.74, 6) is 2.77. The molecule has 6 heterocycles. The molecule has 0 aliphatic carbocycles. The molecule has 15 heteroatoms. The SMILES string of the molecule is COc1ccc2ncc(=O)n(CCN3CCC(N)CC3)c2c1.COc1ccc2ncc(=O)n(CCN3CCC(NCc4cnc5c(c4)OCCO5)CC3)c2c1. The molecule has 0 atom stereocenters. The van der Waals surface area contributed by atoms with E-state index in [0.29, 0.717) is 44.3 Å². The normalized spacial score (nSPS) is 16.9. The lowest BCUT2D eigenvalue weighted by Crippen LogP contribution is -2.43. The lowest BCUT2D eigenvalue weighted by atomic mass is 10.0. The molecule has 0 bridgehead atoms. The summed E-state index contributed by atoms with van der Waals surface area (Å²) < 4.78 is 25.3. The number of nitrogens with one attached hydrogen (secondary N) is 1. The van der Waals surface area contributed by atoms with E-state index < -0.39 is 0 Å². The Labute approximate surface area is 320 Å². The summed E-state index contributed by atoms with van der Waals surface area (Å²) in [4.78, 5) is 42.3. The third-order valence-corrected chi connectivity index (χ3v) is 10.7. The van der Waals surface area contributed by atoms with Crippen molar-refractivity contribution in [1.82, 2.24) is 39.2 Å². The topological polar surface area (TPSA) is 164 Å². The lowest BCUT2D eigenvalue weighted by Gasteiger charge is -2.32. The first-order valence-corrected chi connectivity index (χ1v) is 19.1. The minimum Gasteiger partial charge on any atom is -0.497 e. The number of pyridine rings is 1. The Kier molecular flexibility index (Phi) is 12.5. The summed E-state index contributed by atoms with van der Waals surface area (Å²) >= 11 is 0. The minimum absolute atomic E-state index is 0.0746. The number of nitrogens with two attached hydrogens (primary N) is 1. The predicted octanol–water partition coefficient (Wildman–Crippen LogP) is 2.65. The standard InChI is InChI=1S/C24H29N5O4.C16H22N4O2/c1-31-19-2-3-20-21(13-19)29(23(30)16-26-20)9-8-28-6-4-18(5-7-28)25-14-17-12-22-24(27-15-17)33-11-10-32-22;1-22-13-2-3-14-15(10-13)20(16(21)11-18-14)9-8-19-6-4-12(17)5-7-19/h2-3,12-13,15-16,18,25H,4-11,14H2,1H3;2-3,10-12H,4-9,17H2,1H3. The van der Waals surface area contributed by atoms with Crippen LogP contribution in [0.4, 0.5) is 0 Å². The molecule has 2 saturated heterocycles. The maximum Gasteiger partial charge on any atom is 0.269 e. The molecular weight excluding hydrogens is 702 g/mol. The summed E-state index contributed by atoms with van der Waals surface area (Å²) in [7, 11) is 3.25. The van der Waals surface area contributed by atoms with Crippen molar-refractivity contribution >= 4 is 22.1 Å². The largest absolute Gasteiger partial charge is 0.497 e. The Morgan fingerprint density at radius 1 is 0.709 bits per heavy atom. The molecule has 0 radical (unpaired) electrons. The predicted molar refractivity (Wildman–Crippen MR) is 210 cm³/mol. The van der Waals surface area contributed by atoms with Crippen LogP contribution in [0.5, 0.6) is 23.1 Å². The second kappa shape index (κ2) is 18.0. The molecule has 55 heavy (non-hydrogen) atoms. The van der Waals surface area contributed by atoms with E-state index in [1.165, 1.54) is 12.4 Å². The number of methoxy groups -OCH3 is 2. The number of piperidine rings is 2. The third-order valence-electron chi connectivity index (χ3n) is 10.7. The van der Waals surface area contributed by atoms with Crippen LogP contribution in [0.2, 0.25) is 0 Å². The van der Waals surface area contributed by atoms with Gasteiger partial charge in [0.05, 0.1) is 48.7 Å². The van der Waals surface area contributed by atoms with Crippen molar-refractivity contribution in [2.24, 2.45) is 5.73 Å². The molecule has 3 aromatic heterocycles. The van der Waals surface area contributed by atoms with Crippen LogP contribution in [0.25, 0.3) is 22.1 Å². The van der Waals surface area contributed by atoms with Crippen molar-refractivity contribution in [2.75, 3.05) is 66.7 Å². The molecule has 2 aromatic carbocycles. The van der Waals surface area contributed by atoms with Crippen LogP contribution in [-0.2, 0) is 19.6 Å². The zero-order valence-corrected chi connectivity index (χ0v) is 31.7.